The first-order chi connectivity index (χ1) is 6.87. The SMILES string of the molecule is CC(C)CNC1(C(N)=O)CC(C)N(C)C1. The van der Waals surface area contributed by atoms with Gasteiger partial charge in [-0.25, -0.2) is 0 Å². The molecule has 1 aliphatic heterocycles. The molecule has 0 aromatic carbocycles. The highest BCUT2D eigenvalue weighted by Gasteiger charge is 2.45. The minimum atomic E-state index is -0.515. The molecule has 1 heterocycles. The second kappa shape index (κ2) is 4.49. The van der Waals surface area contributed by atoms with Crippen molar-refractivity contribution in [2.45, 2.75) is 38.8 Å². The Bertz CT molecular complexity index is 230. The summed E-state index contributed by atoms with van der Waals surface area (Å²) in [5.74, 6) is 0.307. The maximum atomic E-state index is 11.6. The Labute approximate surface area is 92.2 Å². The lowest BCUT2D eigenvalue weighted by molar-refractivity contribution is -0.124. The lowest BCUT2D eigenvalue weighted by atomic mass is 9.94. The lowest BCUT2D eigenvalue weighted by Crippen LogP contribution is -2.57. The van der Waals surface area contributed by atoms with Gasteiger partial charge in [-0.3, -0.25) is 4.79 Å². The second-order valence-corrected chi connectivity index (χ2v) is 5.19. The summed E-state index contributed by atoms with van der Waals surface area (Å²) < 4.78 is 0. The highest BCUT2D eigenvalue weighted by Crippen LogP contribution is 2.25. The fraction of sp³-hybridized carbons (Fsp3) is 0.909. The number of likely N-dealkylation sites (tertiary alicyclic amines) is 1. The van der Waals surface area contributed by atoms with E-state index in [1.54, 1.807) is 0 Å². The summed E-state index contributed by atoms with van der Waals surface area (Å²) in [5.41, 5.74) is 5.00. The van der Waals surface area contributed by atoms with Gasteiger partial charge in [0.1, 0.15) is 5.54 Å². The van der Waals surface area contributed by atoms with Gasteiger partial charge in [-0.2, -0.15) is 0 Å². The molecule has 0 radical (unpaired) electrons. The van der Waals surface area contributed by atoms with Crippen molar-refractivity contribution in [1.82, 2.24) is 10.2 Å². The zero-order chi connectivity index (χ0) is 11.6. The van der Waals surface area contributed by atoms with Crippen LogP contribution in [0, 0.1) is 5.92 Å². The first-order valence-corrected chi connectivity index (χ1v) is 5.62. The van der Waals surface area contributed by atoms with Crippen molar-refractivity contribution in [2.24, 2.45) is 11.7 Å². The molecule has 4 nitrogen and oxygen atoms in total. The summed E-state index contributed by atoms with van der Waals surface area (Å²) in [6.45, 7) is 7.94. The molecule has 15 heavy (non-hydrogen) atoms. The van der Waals surface area contributed by atoms with E-state index in [0.29, 0.717) is 12.0 Å². The van der Waals surface area contributed by atoms with Crippen LogP contribution in [0.2, 0.25) is 0 Å². The molecule has 2 unspecified atom stereocenters. The topological polar surface area (TPSA) is 58.4 Å². The lowest BCUT2D eigenvalue weighted by Gasteiger charge is -2.27. The number of nitrogens with zero attached hydrogens (tertiary/aromatic N) is 1. The molecule has 1 amide bonds. The number of hydrogen-bond donors (Lipinski definition) is 2. The summed E-state index contributed by atoms with van der Waals surface area (Å²) in [5, 5.41) is 3.34. The zero-order valence-corrected chi connectivity index (χ0v) is 10.2. The van der Waals surface area contributed by atoms with Crippen LogP contribution in [0.3, 0.4) is 0 Å². The molecule has 0 bridgehead atoms. The number of carbonyl (C=O) groups is 1. The smallest absolute Gasteiger partial charge is 0.239 e. The summed E-state index contributed by atoms with van der Waals surface area (Å²) >= 11 is 0. The van der Waals surface area contributed by atoms with Crippen molar-refractivity contribution in [1.29, 1.82) is 0 Å². The molecule has 0 saturated carbocycles. The van der Waals surface area contributed by atoms with Crippen LogP contribution < -0.4 is 11.1 Å². The van der Waals surface area contributed by atoms with Gasteiger partial charge in [-0.1, -0.05) is 13.8 Å². The molecule has 3 N–H and O–H groups in total. The normalized spacial score (nSPS) is 32.5. The molecule has 4 heteroatoms. The molecular formula is C11H23N3O. The Hall–Kier alpha value is -0.610. The van der Waals surface area contributed by atoms with E-state index in [4.69, 9.17) is 5.73 Å². The molecule has 2 atom stereocenters. The Kier molecular flexibility index (Phi) is 3.73. The van der Waals surface area contributed by atoms with Crippen LogP contribution in [0.4, 0.5) is 0 Å². The molecular weight excluding hydrogens is 190 g/mol. The van der Waals surface area contributed by atoms with Crippen molar-refractivity contribution in [2.75, 3.05) is 20.1 Å². The van der Waals surface area contributed by atoms with Gasteiger partial charge in [0.2, 0.25) is 5.91 Å². The van der Waals surface area contributed by atoms with Crippen LogP contribution in [-0.2, 0) is 4.79 Å². The zero-order valence-electron chi connectivity index (χ0n) is 10.2. The summed E-state index contributed by atoms with van der Waals surface area (Å²) in [6.07, 6.45) is 0.811. The van der Waals surface area contributed by atoms with Gasteiger partial charge in [0.15, 0.2) is 0 Å². The molecule has 1 aliphatic rings. The first-order valence-electron chi connectivity index (χ1n) is 5.62. The number of amides is 1. The fourth-order valence-corrected chi connectivity index (χ4v) is 2.10. The van der Waals surface area contributed by atoms with E-state index in [-0.39, 0.29) is 5.91 Å². The Morgan fingerprint density at radius 1 is 1.67 bits per heavy atom. The highest BCUT2D eigenvalue weighted by atomic mass is 16.1. The van der Waals surface area contributed by atoms with Crippen molar-refractivity contribution < 1.29 is 4.79 Å². The molecule has 1 rings (SSSR count). The van der Waals surface area contributed by atoms with Crippen molar-refractivity contribution in [3.63, 3.8) is 0 Å². The van der Waals surface area contributed by atoms with Crippen LogP contribution in [0.1, 0.15) is 27.2 Å². The van der Waals surface area contributed by atoms with E-state index in [1.165, 1.54) is 0 Å². The first kappa shape index (κ1) is 12.5. The third kappa shape index (κ3) is 2.69. The van der Waals surface area contributed by atoms with Crippen LogP contribution in [0.5, 0.6) is 0 Å². The van der Waals surface area contributed by atoms with Gasteiger partial charge >= 0.3 is 0 Å². The maximum absolute atomic E-state index is 11.6. The molecule has 0 aliphatic carbocycles. The molecule has 0 spiro atoms. The number of carbonyl (C=O) groups excluding carboxylic acids is 1. The third-order valence-corrected chi connectivity index (χ3v) is 3.24. The highest BCUT2D eigenvalue weighted by molar-refractivity contribution is 5.85. The number of nitrogens with two attached hydrogens (primary N) is 1. The molecule has 0 aromatic heterocycles. The minimum Gasteiger partial charge on any atom is -0.368 e. The summed E-state index contributed by atoms with van der Waals surface area (Å²) in [6, 6.07) is 0.414. The van der Waals surface area contributed by atoms with Crippen molar-refractivity contribution in [3.05, 3.63) is 0 Å². The van der Waals surface area contributed by atoms with Crippen LogP contribution in [-0.4, -0.2) is 42.5 Å². The average molecular weight is 213 g/mol. The molecule has 0 aromatic rings. The maximum Gasteiger partial charge on any atom is 0.239 e. The number of rotatable bonds is 4. The Morgan fingerprint density at radius 2 is 2.27 bits per heavy atom. The largest absolute Gasteiger partial charge is 0.368 e. The number of hydrogen-bond acceptors (Lipinski definition) is 3. The molecule has 88 valence electrons. The Morgan fingerprint density at radius 3 is 2.60 bits per heavy atom. The van der Waals surface area contributed by atoms with E-state index in [0.717, 1.165) is 19.5 Å². The van der Waals surface area contributed by atoms with Crippen LogP contribution >= 0.6 is 0 Å². The van der Waals surface area contributed by atoms with E-state index in [2.05, 4.69) is 31.0 Å². The molecule has 1 fully saturated rings. The van der Waals surface area contributed by atoms with Gasteiger partial charge < -0.3 is 16.0 Å². The Balaban J connectivity index is 2.69. The number of primary amides is 1. The molecule has 1 saturated heterocycles. The van der Waals surface area contributed by atoms with Gasteiger partial charge in [-0.05, 0) is 32.9 Å². The monoisotopic (exact) mass is 213 g/mol. The van der Waals surface area contributed by atoms with Gasteiger partial charge in [-0.15, -0.1) is 0 Å². The van der Waals surface area contributed by atoms with Crippen LogP contribution in [0.15, 0.2) is 0 Å². The second-order valence-electron chi connectivity index (χ2n) is 5.19. The van der Waals surface area contributed by atoms with Gasteiger partial charge in [0, 0.05) is 12.6 Å². The summed E-state index contributed by atoms with van der Waals surface area (Å²) in [4.78, 5) is 13.7. The number of nitrogens with one attached hydrogen (secondary N) is 1. The van der Waals surface area contributed by atoms with Gasteiger partial charge in [0.05, 0.1) is 0 Å². The van der Waals surface area contributed by atoms with E-state index in [1.807, 2.05) is 7.05 Å². The van der Waals surface area contributed by atoms with Crippen molar-refractivity contribution >= 4 is 5.91 Å². The van der Waals surface area contributed by atoms with Gasteiger partial charge in [0.25, 0.3) is 0 Å². The standard InChI is InChI=1S/C11H23N3O/c1-8(2)6-13-11(10(12)15)5-9(3)14(4)7-11/h8-9,13H,5-7H2,1-4H3,(H2,12,15). The summed E-state index contributed by atoms with van der Waals surface area (Å²) in [7, 11) is 2.03. The van der Waals surface area contributed by atoms with Crippen molar-refractivity contribution in [3.8, 4) is 0 Å². The minimum absolute atomic E-state index is 0.223. The van der Waals surface area contributed by atoms with E-state index >= 15 is 0 Å². The average Bonchev–Trinajstić information content (AvgIpc) is 2.41. The predicted octanol–water partition coefficient (Wildman–Crippen LogP) is 0.180. The predicted molar refractivity (Wildman–Crippen MR) is 61.5 cm³/mol. The quantitative estimate of drug-likeness (QED) is 0.700. The van der Waals surface area contributed by atoms with E-state index in [9.17, 15) is 4.79 Å². The number of likely N-dealkylation sites (N-methyl/N-ethyl adjacent to an activating group) is 1. The fourth-order valence-electron chi connectivity index (χ4n) is 2.10. The third-order valence-electron chi connectivity index (χ3n) is 3.24. The van der Waals surface area contributed by atoms with Crippen LogP contribution in [0.25, 0.3) is 0 Å². The van der Waals surface area contributed by atoms with E-state index < -0.39 is 5.54 Å².